The van der Waals surface area contributed by atoms with Crippen LogP contribution in [0.5, 0.6) is 0 Å². The van der Waals surface area contributed by atoms with Crippen molar-refractivity contribution in [3.8, 4) is 0 Å². The van der Waals surface area contributed by atoms with Crippen molar-refractivity contribution in [1.29, 1.82) is 0 Å². The maximum absolute atomic E-state index is 4.67. The molecule has 0 saturated heterocycles. The van der Waals surface area contributed by atoms with Crippen molar-refractivity contribution in [1.82, 2.24) is 0 Å². The molecule has 0 bridgehead atoms. The second-order valence-electron chi connectivity index (χ2n) is 6.45. The molecule has 0 spiro atoms. The van der Waals surface area contributed by atoms with Gasteiger partial charge >= 0.3 is 0 Å². The van der Waals surface area contributed by atoms with E-state index in [0.29, 0.717) is 5.84 Å². The van der Waals surface area contributed by atoms with Crippen LogP contribution < -0.4 is 0 Å². The fraction of sp³-hybridized carbons (Fsp3) is 0.0833. The van der Waals surface area contributed by atoms with Gasteiger partial charge in [0.1, 0.15) is 5.84 Å². The van der Waals surface area contributed by atoms with Crippen LogP contribution in [0, 0.1) is 0 Å². The standard InChI is InChI=1S/C24H20N2S/c1-16(19-10-5-4-6-11-19)25-18(3)26-17(2)20-13-9-14-22-21-12-7-8-15-23(21)27-24(20)22/h4-15H,2H2,1,3H3. The molecule has 132 valence electrons. The van der Waals surface area contributed by atoms with E-state index in [1.54, 1.807) is 11.3 Å². The predicted molar refractivity (Wildman–Crippen MR) is 120 cm³/mol. The van der Waals surface area contributed by atoms with Gasteiger partial charge in [0.15, 0.2) is 0 Å². The van der Waals surface area contributed by atoms with E-state index in [-0.39, 0.29) is 0 Å². The Kier molecular flexibility index (Phi) is 4.69. The molecular formula is C24H20N2S. The first-order valence-electron chi connectivity index (χ1n) is 8.89. The molecule has 3 heteroatoms. The normalized spacial score (nSPS) is 12.7. The zero-order chi connectivity index (χ0) is 18.8. The van der Waals surface area contributed by atoms with Gasteiger partial charge in [0.25, 0.3) is 0 Å². The van der Waals surface area contributed by atoms with E-state index in [9.17, 15) is 0 Å². The number of hydrogen-bond donors (Lipinski definition) is 0. The van der Waals surface area contributed by atoms with E-state index >= 15 is 0 Å². The van der Waals surface area contributed by atoms with Gasteiger partial charge in [-0.2, -0.15) is 0 Å². The van der Waals surface area contributed by atoms with E-state index < -0.39 is 0 Å². The van der Waals surface area contributed by atoms with E-state index in [2.05, 4.69) is 71.2 Å². The van der Waals surface area contributed by atoms with Gasteiger partial charge in [-0.15, -0.1) is 11.3 Å². The van der Waals surface area contributed by atoms with Crippen LogP contribution in [0.15, 0.2) is 89.4 Å². The highest BCUT2D eigenvalue weighted by atomic mass is 32.1. The molecule has 0 atom stereocenters. The van der Waals surface area contributed by atoms with Crippen LogP contribution >= 0.6 is 11.3 Å². The van der Waals surface area contributed by atoms with Crippen molar-refractivity contribution in [3.05, 3.63) is 90.5 Å². The summed E-state index contributed by atoms with van der Waals surface area (Å²) in [5.41, 5.74) is 3.86. The van der Waals surface area contributed by atoms with Crippen LogP contribution in [0.4, 0.5) is 0 Å². The van der Waals surface area contributed by atoms with Gasteiger partial charge in [0.05, 0.1) is 5.70 Å². The summed E-state index contributed by atoms with van der Waals surface area (Å²) in [4.78, 5) is 9.32. The van der Waals surface area contributed by atoms with Crippen LogP contribution in [0.2, 0.25) is 0 Å². The maximum Gasteiger partial charge on any atom is 0.126 e. The Morgan fingerprint density at radius 1 is 0.778 bits per heavy atom. The molecule has 1 aromatic heterocycles. The minimum Gasteiger partial charge on any atom is -0.238 e. The molecule has 2 nitrogen and oxygen atoms in total. The van der Waals surface area contributed by atoms with Crippen molar-refractivity contribution in [2.75, 3.05) is 0 Å². The molecule has 4 aromatic rings. The number of amidine groups is 1. The third-order valence-electron chi connectivity index (χ3n) is 4.53. The summed E-state index contributed by atoms with van der Waals surface area (Å²) in [7, 11) is 0. The summed E-state index contributed by atoms with van der Waals surface area (Å²) in [5.74, 6) is 0.708. The number of rotatable bonds is 3. The summed E-state index contributed by atoms with van der Waals surface area (Å²) in [6.45, 7) is 8.14. The lowest BCUT2D eigenvalue weighted by atomic mass is 10.1. The number of hydrogen-bond acceptors (Lipinski definition) is 2. The fourth-order valence-electron chi connectivity index (χ4n) is 3.24. The Bertz CT molecular complexity index is 1200. The van der Waals surface area contributed by atoms with E-state index in [1.165, 1.54) is 20.2 Å². The van der Waals surface area contributed by atoms with E-state index in [1.807, 2.05) is 32.0 Å². The summed E-state index contributed by atoms with van der Waals surface area (Å²) in [6.07, 6.45) is 0. The molecule has 0 saturated carbocycles. The number of aliphatic imine (C=N–C) groups is 2. The fourth-order valence-corrected chi connectivity index (χ4v) is 4.48. The van der Waals surface area contributed by atoms with Gasteiger partial charge in [0, 0.05) is 31.4 Å². The molecule has 0 radical (unpaired) electrons. The zero-order valence-corrected chi connectivity index (χ0v) is 16.3. The molecule has 0 amide bonds. The highest BCUT2D eigenvalue weighted by Gasteiger charge is 2.10. The molecule has 1 heterocycles. The Hall–Kier alpha value is -3.04. The summed E-state index contributed by atoms with van der Waals surface area (Å²) in [6, 6.07) is 25.0. The Morgan fingerprint density at radius 3 is 2.30 bits per heavy atom. The van der Waals surface area contributed by atoms with Gasteiger partial charge in [-0.3, -0.25) is 0 Å². The van der Waals surface area contributed by atoms with Crippen LogP contribution in [0.3, 0.4) is 0 Å². The van der Waals surface area contributed by atoms with Gasteiger partial charge in [-0.1, -0.05) is 73.3 Å². The predicted octanol–water partition coefficient (Wildman–Crippen LogP) is 6.95. The largest absolute Gasteiger partial charge is 0.238 e. The summed E-state index contributed by atoms with van der Waals surface area (Å²) in [5, 5.41) is 2.54. The number of fused-ring (bicyclic) bond motifs is 3. The van der Waals surface area contributed by atoms with E-state index in [0.717, 1.165) is 22.5 Å². The second kappa shape index (κ2) is 7.29. The summed E-state index contributed by atoms with van der Waals surface area (Å²) >= 11 is 1.79. The molecule has 0 aliphatic carbocycles. The molecule has 27 heavy (non-hydrogen) atoms. The van der Waals surface area contributed by atoms with Gasteiger partial charge in [0.2, 0.25) is 0 Å². The smallest absolute Gasteiger partial charge is 0.126 e. The van der Waals surface area contributed by atoms with Crippen LogP contribution in [-0.2, 0) is 0 Å². The molecule has 0 fully saturated rings. The lowest BCUT2D eigenvalue weighted by molar-refractivity contribution is 1.45. The maximum atomic E-state index is 4.67. The monoisotopic (exact) mass is 368 g/mol. The Labute approximate surface area is 163 Å². The lowest BCUT2D eigenvalue weighted by Gasteiger charge is -2.04. The van der Waals surface area contributed by atoms with Gasteiger partial charge in [-0.25, -0.2) is 9.98 Å². The van der Waals surface area contributed by atoms with E-state index in [4.69, 9.17) is 0 Å². The first-order chi connectivity index (χ1) is 13.1. The Morgan fingerprint density at radius 2 is 1.48 bits per heavy atom. The molecule has 4 rings (SSSR count). The first kappa shape index (κ1) is 17.4. The van der Waals surface area contributed by atoms with Crippen molar-refractivity contribution < 1.29 is 0 Å². The minimum atomic E-state index is 0.708. The van der Waals surface area contributed by atoms with Crippen LogP contribution in [0.1, 0.15) is 25.0 Å². The Balaban J connectivity index is 1.71. The highest BCUT2D eigenvalue weighted by molar-refractivity contribution is 7.26. The average molecular weight is 369 g/mol. The number of nitrogens with zero attached hydrogens (tertiary/aromatic N) is 2. The quantitative estimate of drug-likeness (QED) is 0.276. The van der Waals surface area contributed by atoms with Gasteiger partial charge < -0.3 is 0 Å². The first-order valence-corrected chi connectivity index (χ1v) is 9.70. The third-order valence-corrected chi connectivity index (χ3v) is 5.75. The third kappa shape index (κ3) is 3.46. The highest BCUT2D eigenvalue weighted by Crippen LogP contribution is 2.37. The SMILES string of the molecule is C=C(N=C(C)N=C(C)c1ccccc1)c1cccc2c1sc1ccccc12. The molecule has 0 unspecified atom stereocenters. The molecule has 0 N–H and O–H groups in total. The molecule has 3 aromatic carbocycles. The topological polar surface area (TPSA) is 24.7 Å². The van der Waals surface area contributed by atoms with Gasteiger partial charge in [-0.05, 0) is 25.5 Å². The average Bonchev–Trinajstić information content (AvgIpc) is 3.07. The van der Waals surface area contributed by atoms with Crippen molar-refractivity contribution in [2.24, 2.45) is 9.98 Å². The van der Waals surface area contributed by atoms with Crippen LogP contribution in [-0.4, -0.2) is 11.5 Å². The van der Waals surface area contributed by atoms with Crippen molar-refractivity contribution >= 4 is 48.8 Å². The molecular weight excluding hydrogens is 348 g/mol. The number of benzene rings is 3. The summed E-state index contributed by atoms with van der Waals surface area (Å²) < 4.78 is 2.51. The number of thiophene rings is 1. The molecule has 0 aliphatic heterocycles. The van der Waals surface area contributed by atoms with Crippen molar-refractivity contribution in [3.63, 3.8) is 0 Å². The molecule has 0 aliphatic rings. The van der Waals surface area contributed by atoms with Crippen LogP contribution in [0.25, 0.3) is 25.9 Å². The lowest BCUT2D eigenvalue weighted by Crippen LogP contribution is -1.98. The van der Waals surface area contributed by atoms with Crippen molar-refractivity contribution in [2.45, 2.75) is 13.8 Å². The second-order valence-corrected chi connectivity index (χ2v) is 7.50. The zero-order valence-electron chi connectivity index (χ0n) is 15.4. The minimum absolute atomic E-state index is 0.708.